The molecule has 0 saturated carbocycles. The summed E-state index contributed by atoms with van der Waals surface area (Å²) in [5.74, 6) is 1.47. The Kier molecular flexibility index (Phi) is 3.60. The smallest absolute Gasteiger partial charge is 0.161 e. The fraction of sp³-hybridized carbons (Fsp3) is 0.214. The molecule has 0 bridgehead atoms. The number of benzene rings is 1. The number of hydrogen-bond acceptors (Lipinski definition) is 3. The highest BCUT2D eigenvalue weighted by Crippen LogP contribution is 2.26. The minimum absolute atomic E-state index is 0.451. The van der Waals surface area contributed by atoms with Crippen LogP contribution in [0.25, 0.3) is 0 Å². The van der Waals surface area contributed by atoms with E-state index in [0.717, 1.165) is 22.8 Å². The average molecular weight is 229 g/mol. The lowest BCUT2D eigenvalue weighted by atomic mass is 10.2. The summed E-state index contributed by atoms with van der Waals surface area (Å²) in [5.41, 5.74) is 2.07. The Morgan fingerprint density at radius 2 is 1.82 bits per heavy atom. The molecule has 1 aromatic carbocycles. The zero-order valence-electron chi connectivity index (χ0n) is 10.0. The van der Waals surface area contributed by atoms with Gasteiger partial charge in [0.15, 0.2) is 11.5 Å². The van der Waals surface area contributed by atoms with Crippen LogP contribution < -0.4 is 9.47 Å². The van der Waals surface area contributed by atoms with Crippen LogP contribution in [0.4, 0.5) is 0 Å². The van der Waals surface area contributed by atoms with Crippen molar-refractivity contribution in [3.8, 4) is 11.5 Å². The van der Waals surface area contributed by atoms with Crippen molar-refractivity contribution in [2.75, 3.05) is 7.11 Å². The van der Waals surface area contributed by atoms with E-state index in [-0.39, 0.29) is 0 Å². The highest BCUT2D eigenvalue weighted by Gasteiger charge is 2.04. The molecule has 0 fully saturated rings. The fourth-order valence-electron chi connectivity index (χ4n) is 1.55. The molecular weight excluding hydrogens is 214 g/mol. The van der Waals surface area contributed by atoms with Crippen molar-refractivity contribution in [2.24, 2.45) is 0 Å². The highest BCUT2D eigenvalue weighted by molar-refractivity contribution is 5.39. The highest BCUT2D eigenvalue weighted by atomic mass is 16.5. The topological polar surface area (TPSA) is 31.4 Å². The summed E-state index contributed by atoms with van der Waals surface area (Å²) in [6, 6.07) is 11.5. The van der Waals surface area contributed by atoms with E-state index in [0.29, 0.717) is 6.61 Å². The summed E-state index contributed by atoms with van der Waals surface area (Å²) in [4.78, 5) is 4.28. The predicted molar refractivity (Wildman–Crippen MR) is 66.3 cm³/mol. The number of hydrogen-bond donors (Lipinski definition) is 0. The van der Waals surface area contributed by atoms with Crippen LogP contribution >= 0.6 is 0 Å². The molecule has 17 heavy (non-hydrogen) atoms. The van der Waals surface area contributed by atoms with Crippen LogP contribution in [0.15, 0.2) is 42.6 Å². The summed E-state index contributed by atoms with van der Waals surface area (Å²) in [6.45, 7) is 2.47. The van der Waals surface area contributed by atoms with Crippen molar-refractivity contribution in [3.05, 3.63) is 53.9 Å². The first-order chi connectivity index (χ1) is 8.31. The average Bonchev–Trinajstić information content (AvgIpc) is 2.38. The lowest BCUT2D eigenvalue weighted by Crippen LogP contribution is -2.01. The van der Waals surface area contributed by atoms with Crippen LogP contribution in [0.5, 0.6) is 11.5 Å². The largest absolute Gasteiger partial charge is 0.493 e. The molecule has 88 valence electrons. The Morgan fingerprint density at radius 3 is 2.53 bits per heavy atom. The number of ether oxygens (including phenoxy) is 2. The van der Waals surface area contributed by atoms with Crippen LogP contribution in [0.2, 0.25) is 0 Å². The van der Waals surface area contributed by atoms with Crippen LogP contribution in [0.3, 0.4) is 0 Å². The summed E-state index contributed by atoms with van der Waals surface area (Å²) in [7, 11) is 1.63. The summed E-state index contributed by atoms with van der Waals surface area (Å²) >= 11 is 0. The molecule has 0 radical (unpaired) electrons. The molecule has 0 aliphatic carbocycles. The van der Waals surface area contributed by atoms with E-state index in [1.54, 1.807) is 13.3 Å². The van der Waals surface area contributed by atoms with E-state index in [9.17, 15) is 0 Å². The first-order valence-electron chi connectivity index (χ1n) is 5.47. The Labute approximate surface area is 101 Å². The van der Waals surface area contributed by atoms with Gasteiger partial charge in [0, 0.05) is 6.20 Å². The summed E-state index contributed by atoms with van der Waals surface area (Å²) in [6.07, 6.45) is 1.77. The third-order valence-corrected chi connectivity index (χ3v) is 2.55. The van der Waals surface area contributed by atoms with Gasteiger partial charge in [-0.3, -0.25) is 4.98 Å². The van der Waals surface area contributed by atoms with Gasteiger partial charge in [0.2, 0.25) is 0 Å². The lowest BCUT2D eigenvalue weighted by molar-refractivity contribution is 0.280. The number of methoxy groups -OCH3 is 1. The third kappa shape index (κ3) is 2.75. The zero-order valence-corrected chi connectivity index (χ0v) is 10.0. The third-order valence-electron chi connectivity index (χ3n) is 2.55. The Bertz CT molecular complexity index is 497. The van der Waals surface area contributed by atoms with E-state index < -0.39 is 0 Å². The fourth-order valence-corrected chi connectivity index (χ4v) is 1.55. The minimum Gasteiger partial charge on any atom is -0.493 e. The SMILES string of the molecule is COc1ccccc1OCc1ncccc1C. The molecule has 0 saturated heterocycles. The van der Waals surface area contributed by atoms with Gasteiger partial charge < -0.3 is 9.47 Å². The standard InChI is InChI=1S/C14H15NO2/c1-11-6-5-9-15-12(11)10-17-14-8-4-3-7-13(14)16-2/h3-9H,10H2,1-2H3. The number of aryl methyl sites for hydroxylation is 1. The maximum Gasteiger partial charge on any atom is 0.161 e. The molecule has 2 rings (SSSR count). The van der Waals surface area contributed by atoms with E-state index in [2.05, 4.69) is 4.98 Å². The van der Waals surface area contributed by atoms with Gasteiger partial charge in [-0.15, -0.1) is 0 Å². The van der Waals surface area contributed by atoms with Gasteiger partial charge in [-0.1, -0.05) is 18.2 Å². The van der Waals surface area contributed by atoms with Crippen molar-refractivity contribution in [1.82, 2.24) is 4.98 Å². The predicted octanol–water partition coefficient (Wildman–Crippen LogP) is 2.98. The second-order valence-electron chi connectivity index (χ2n) is 3.71. The van der Waals surface area contributed by atoms with E-state index >= 15 is 0 Å². The molecule has 1 aromatic heterocycles. The van der Waals surface area contributed by atoms with Crippen LogP contribution in [-0.4, -0.2) is 12.1 Å². The molecule has 0 aliphatic heterocycles. The van der Waals surface area contributed by atoms with Crippen molar-refractivity contribution in [1.29, 1.82) is 0 Å². The Morgan fingerprint density at radius 1 is 1.06 bits per heavy atom. The molecule has 3 nitrogen and oxygen atoms in total. The molecule has 0 amide bonds. The lowest BCUT2D eigenvalue weighted by Gasteiger charge is -2.10. The van der Waals surface area contributed by atoms with Gasteiger partial charge in [0.25, 0.3) is 0 Å². The van der Waals surface area contributed by atoms with Gasteiger partial charge in [-0.25, -0.2) is 0 Å². The maximum atomic E-state index is 5.71. The van der Waals surface area contributed by atoms with E-state index in [1.807, 2.05) is 43.3 Å². The van der Waals surface area contributed by atoms with E-state index in [4.69, 9.17) is 9.47 Å². The summed E-state index contributed by atoms with van der Waals surface area (Å²) in [5, 5.41) is 0. The van der Waals surface area contributed by atoms with Crippen LogP contribution in [0.1, 0.15) is 11.3 Å². The Hall–Kier alpha value is -2.03. The van der Waals surface area contributed by atoms with Gasteiger partial charge >= 0.3 is 0 Å². The van der Waals surface area contributed by atoms with Gasteiger partial charge in [0.05, 0.1) is 12.8 Å². The molecule has 2 aromatic rings. The number of aromatic nitrogens is 1. The first-order valence-corrected chi connectivity index (χ1v) is 5.47. The van der Waals surface area contributed by atoms with Gasteiger partial charge in [-0.05, 0) is 30.7 Å². The number of rotatable bonds is 4. The Balaban J connectivity index is 2.10. The van der Waals surface area contributed by atoms with E-state index in [1.165, 1.54) is 0 Å². The van der Waals surface area contributed by atoms with Crippen molar-refractivity contribution in [2.45, 2.75) is 13.5 Å². The monoisotopic (exact) mass is 229 g/mol. The molecular formula is C14H15NO2. The van der Waals surface area contributed by atoms with Crippen molar-refractivity contribution >= 4 is 0 Å². The molecule has 0 spiro atoms. The van der Waals surface area contributed by atoms with Crippen LogP contribution in [0, 0.1) is 6.92 Å². The quantitative estimate of drug-likeness (QED) is 0.807. The number of nitrogens with zero attached hydrogens (tertiary/aromatic N) is 1. The maximum absolute atomic E-state index is 5.71. The van der Waals surface area contributed by atoms with Crippen LogP contribution in [-0.2, 0) is 6.61 Å². The normalized spacial score (nSPS) is 10.0. The van der Waals surface area contributed by atoms with Crippen molar-refractivity contribution in [3.63, 3.8) is 0 Å². The molecule has 0 N–H and O–H groups in total. The first kappa shape index (κ1) is 11.5. The second-order valence-corrected chi connectivity index (χ2v) is 3.71. The molecule has 3 heteroatoms. The van der Waals surface area contributed by atoms with Crippen molar-refractivity contribution < 1.29 is 9.47 Å². The minimum atomic E-state index is 0.451. The molecule has 0 unspecified atom stereocenters. The number of pyridine rings is 1. The van der Waals surface area contributed by atoms with Gasteiger partial charge in [0.1, 0.15) is 6.61 Å². The summed E-state index contributed by atoms with van der Waals surface area (Å²) < 4.78 is 10.9. The molecule has 1 heterocycles. The number of para-hydroxylation sites is 2. The zero-order chi connectivity index (χ0) is 12.1. The molecule has 0 atom stereocenters. The molecule has 0 aliphatic rings. The van der Waals surface area contributed by atoms with Gasteiger partial charge in [-0.2, -0.15) is 0 Å². The second kappa shape index (κ2) is 5.34.